The first-order valence-electron chi connectivity index (χ1n) is 10.3. The maximum absolute atomic E-state index is 14.0. The number of hydrogen-bond acceptors (Lipinski definition) is 4. The third-order valence-corrected chi connectivity index (χ3v) is 5.01. The Morgan fingerprint density at radius 1 is 1.26 bits per heavy atom. The van der Waals surface area contributed by atoms with E-state index in [9.17, 15) is 9.18 Å². The molecule has 2 aromatic rings. The van der Waals surface area contributed by atoms with E-state index in [4.69, 9.17) is 10.5 Å². The number of nitrogens with zero attached hydrogens (tertiary/aromatic N) is 2. The summed E-state index contributed by atoms with van der Waals surface area (Å²) in [4.78, 5) is 18.8. The summed E-state index contributed by atoms with van der Waals surface area (Å²) in [6.07, 6.45) is 0.387. The van der Waals surface area contributed by atoms with E-state index in [-0.39, 0.29) is 17.8 Å². The van der Waals surface area contributed by atoms with Crippen molar-refractivity contribution in [1.82, 2.24) is 15.5 Å². The van der Waals surface area contributed by atoms with E-state index >= 15 is 0 Å². The van der Waals surface area contributed by atoms with Gasteiger partial charge in [-0.05, 0) is 63.2 Å². The normalized spacial score (nSPS) is 12.4. The molecular weight excluding hydrogens is 397 g/mol. The van der Waals surface area contributed by atoms with Crippen molar-refractivity contribution in [3.05, 3.63) is 59.4 Å². The van der Waals surface area contributed by atoms with Crippen molar-refractivity contribution in [2.24, 2.45) is 10.7 Å². The molecule has 31 heavy (non-hydrogen) atoms. The molecule has 0 saturated carbocycles. The van der Waals surface area contributed by atoms with Crippen LogP contribution in [0, 0.1) is 5.82 Å². The van der Waals surface area contributed by atoms with Crippen LogP contribution in [0.5, 0.6) is 5.75 Å². The van der Waals surface area contributed by atoms with Crippen LogP contribution in [0.4, 0.5) is 10.1 Å². The van der Waals surface area contributed by atoms with Crippen molar-refractivity contribution in [3.8, 4) is 5.75 Å². The van der Waals surface area contributed by atoms with Gasteiger partial charge in [-0.2, -0.15) is 0 Å². The molecule has 1 amide bonds. The average molecular weight is 430 g/mol. The zero-order chi connectivity index (χ0) is 22.8. The first-order chi connectivity index (χ1) is 14.9. The van der Waals surface area contributed by atoms with Crippen LogP contribution in [-0.4, -0.2) is 56.6 Å². The van der Waals surface area contributed by atoms with E-state index in [0.717, 1.165) is 13.1 Å². The number of aliphatic imine (C=N–C) groups is 1. The van der Waals surface area contributed by atoms with E-state index in [0.29, 0.717) is 41.5 Å². The number of guanidine groups is 1. The van der Waals surface area contributed by atoms with Crippen molar-refractivity contribution < 1.29 is 13.9 Å². The van der Waals surface area contributed by atoms with Gasteiger partial charge >= 0.3 is 0 Å². The molecule has 0 unspecified atom stereocenters. The van der Waals surface area contributed by atoms with E-state index in [1.165, 1.54) is 13.2 Å². The highest BCUT2D eigenvalue weighted by atomic mass is 19.1. The summed E-state index contributed by atoms with van der Waals surface area (Å²) in [7, 11) is 3.40. The lowest BCUT2D eigenvalue weighted by Crippen LogP contribution is -2.44. The smallest absolute Gasteiger partial charge is 0.251 e. The second-order valence-corrected chi connectivity index (χ2v) is 7.21. The number of nitrogens with one attached hydrogen (secondary N) is 2. The molecule has 0 fully saturated rings. The minimum atomic E-state index is -0.348. The number of halogens is 1. The molecule has 2 aromatic carbocycles. The summed E-state index contributed by atoms with van der Waals surface area (Å²) >= 11 is 0. The minimum absolute atomic E-state index is 0.226. The second kappa shape index (κ2) is 11.9. The number of hydrogen-bond donors (Lipinski definition) is 3. The number of amides is 1. The fourth-order valence-corrected chi connectivity index (χ4v) is 2.97. The number of ether oxygens (including phenoxy) is 1. The maximum Gasteiger partial charge on any atom is 0.251 e. The summed E-state index contributed by atoms with van der Waals surface area (Å²) in [5.74, 6) is 0.324. The van der Waals surface area contributed by atoms with Gasteiger partial charge in [0.05, 0.1) is 12.8 Å². The Morgan fingerprint density at radius 2 is 1.97 bits per heavy atom. The Morgan fingerprint density at radius 3 is 2.55 bits per heavy atom. The fraction of sp³-hybridized carbons (Fsp3) is 0.391. The molecule has 8 heteroatoms. The van der Waals surface area contributed by atoms with Crippen LogP contribution < -0.4 is 21.1 Å². The lowest BCUT2D eigenvalue weighted by molar-refractivity contribution is 0.0954. The number of carbonyl (C=O) groups is 1. The molecule has 7 nitrogen and oxygen atoms in total. The third-order valence-electron chi connectivity index (χ3n) is 5.01. The van der Waals surface area contributed by atoms with Gasteiger partial charge in [-0.3, -0.25) is 4.79 Å². The van der Waals surface area contributed by atoms with Crippen LogP contribution >= 0.6 is 0 Å². The van der Waals surface area contributed by atoms with E-state index < -0.39 is 0 Å². The predicted octanol–water partition coefficient (Wildman–Crippen LogP) is 2.68. The van der Waals surface area contributed by atoms with Crippen LogP contribution in [-0.2, 0) is 6.42 Å². The van der Waals surface area contributed by atoms with Crippen LogP contribution in [0.3, 0.4) is 0 Å². The van der Waals surface area contributed by atoms with E-state index in [1.54, 1.807) is 36.4 Å². The highest BCUT2D eigenvalue weighted by Crippen LogP contribution is 2.17. The molecular formula is C23H32FN5O2. The molecule has 1 atom stereocenters. The zero-order valence-corrected chi connectivity index (χ0v) is 18.6. The van der Waals surface area contributed by atoms with Crippen molar-refractivity contribution in [2.75, 3.05) is 33.8 Å². The molecule has 0 spiro atoms. The van der Waals surface area contributed by atoms with Crippen molar-refractivity contribution >= 4 is 17.6 Å². The first-order valence-corrected chi connectivity index (χ1v) is 10.3. The van der Waals surface area contributed by atoms with Crippen molar-refractivity contribution in [1.29, 1.82) is 0 Å². The van der Waals surface area contributed by atoms with Crippen LogP contribution in [0.25, 0.3) is 0 Å². The molecule has 4 N–H and O–H groups in total. The molecule has 0 aromatic heterocycles. The molecule has 2 rings (SSSR count). The monoisotopic (exact) mass is 429 g/mol. The number of methoxy groups -OCH3 is 1. The largest absolute Gasteiger partial charge is 0.497 e. The quantitative estimate of drug-likeness (QED) is 0.399. The second-order valence-electron chi connectivity index (χ2n) is 7.21. The predicted molar refractivity (Wildman–Crippen MR) is 122 cm³/mol. The average Bonchev–Trinajstić information content (AvgIpc) is 2.78. The summed E-state index contributed by atoms with van der Waals surface area (Å²) in [6, 6.07) is 11.9. The van der Waals surface area contributed by atoms with Gasteiger partial charge in [0.15, 0.2) is 5.96 Å². The lowest BCUT2D eigenvalue weighted by Gasteiger charge is -2.25. The van der Waals surface area contributed by atoms with Crippen LogP contribution in [0.15, 0.2) is 47.5 Å². The van der Waals surface area contributed by atoms with Crippen LogP contribution in [0.1, 0.15) is 29.8 Å². The van der Waals surface area contributed by atoms with Crippen LogP contribution in [0.2, 0.25) is 0 Å². The Hall–Kier alpha value is -3.13. The third kappa shape index (κ3) is 7.25. The summed E-state index contributed by atoms with van der Waals surface area (Å²) < 4.78 is 19.0. The van der Waals surface area contributed by atoms with Gasteiger partial charge in [-0.25, -0.2) is 9.38 Å². The summed E-state index contributed by atoms with van der Waals surface area (Å²) in [5.41, 5.74) is 7.84. The Kier molecular flexibility index (Phi) is 9.27. The highest BCUT2D eigenvalue weighted by Gasteiger charge is 2.11. The Labute approximate surface area is 183 Å². The SMILES string of the molecule is CCN(C[C@H](C)NC)C(N)=Nc1ccc(C(=O)NCCc2ccc(OC)cc2F)cc1. The van der Waals surface area contributed by atoms with Gasteiger partial charge in [-0.15, -0.1) is 0 Å². The molecule has 0 radical (unpaired) electrons. The topological polar surface area (TPSA) is 92.0 Å². The van der Waals surface area contributed by atoms with Gasteiger partial charge in [0.25, 0.3) is 5.91 Å². The van der Waals surface area contributed by atoms with Gasteiger partial charge in [-0.1, -0.05) is 6.07 Å². The lowest BCUT2D eigenvalue weighted by atomic mass is 10.1. The highest BCUT2D eigenvalue weighted by molar-refractivity contribution is 5.94. The van der Waals surface area contributed by atoms with Crippen molar-refractivity contribution in [3.63, 3.8) is 0 Å². The van der Waals surface area contributed by atoms with Gasteiger partial charge in [0.2, 0.25) is 0 Å². The summed E-state index contributed by atoms with van der Waals surface area (Å²) in [6.45, 7) is 5.92. The summed E-state index contributed by atoms with van der Waals surface area (Å²) in [5, 5.41) is 5.99. The zero-order valence-electron chi connectivity index (χ0n) is 18.6. The molecule has 0 saturated heterocycles. The van der Waals surface area contributed by atoms with Crippen molar-refractivity contribution in [2.45, 2.75) is 26.3 Å². The number of nitrogens with two attached hydrogens (primary N) is 1. The Balaban J connectivity index is 1.92. The number of carbonyl (C=O) groups excluding carboxylic acids is 1. The number of likely N-dealkylation sites (N-methyl/N-ethyl adjacent to an activating group) is 2. The number of rotatable bonds is 10. The molecule has 0 aliphatic rings. The number of benzene rings is 2. The standard InChI is InChI=1S/C23H32FN5O2/c1-5-29(15-16(2)26-3)23(25)28-19-9-6-18(7-10-19)22(30)27-13-12-17-8-11-20(31-4)14-21(17)24/h6-11,14,16,26H,5,12-13,15H2,1-4H3,(H2,25,28)(H,27,30)/t16-/m0/s1. The first kappa shape index (κ1) is 24.1. The minimum Gasteiger partial charge on any atom is -0.497 e. The molecule has 0 aliphatic carbocycles. The van der Waals surface area contributed by atoms with Gasteiger partial charge < -0.3 is 26.0 Å². The van der Waals surface area contributed by atoms with E-state index in [2.05, 4.69) is 22.5 Å². The molecule has 0 heterocycles. The van der Waals surface area contributed by atoms with Gasteiger partial charge in [0, 0.05) is 37.3 Å². The van der Waals surface area contributed by atoms with Gasteiger partial charge in [0.1, 0.15) is 11.6 Å². The Bertz CT molecular complexity index is 886. The van der Waals surface area contributed by atoms with E-state index in [1.807, 2.05) is 18.9 Å². The molecule has 168 valence electrons. The molecule has 0 aliphatic heterocycles. The molecule has 0 bridgehead atoms. The fourth-order valence-electron chi connectivity index (χ4n) is 2.97. The maximum atomic E-state index is 14.0.